The Bertz CT molecular complexity index is 739. The Morgan fingerprint density at radius 3 is 1.82 bits per heavy atom. The van der Waals surface area contributed by atoms with Gasteiger partial charge >= 0.3 is 23.6 Å². The zero-order valence-electron chi connectivity index (χ0n) is 24.5. The lowest BCUT2D eigenvalue weighted by Crippen LogP contribution is -2.65. The van der Waals surface area contributed by atoms with Gasteiger partial charge in [0, 0.05) is 59.4 Å². The fourth-order valence-corrected chi connectivity index (χ4v) is 7.93. The predicted octanol–water partition coefficient (Wildman–Crippen LogP) is 4.58. The molecule has 0 spiro atoms. The molecule has 1 rings (SSSR count). The third-order valence-corrected chi connectivity index (χ3v) is 10.9. The molecule has 1 saturated heterocycles. The van der Waals surface area contributed by atoms with E-state index in [2.05, 4.69) is 19.7 Å². The van der Waals surface area contributed by atoms with Gasteiger partial charge in [-0.05, 0) is 52.8 Å². The van der Waals surface area contributed by atoms with E-state index < -0.39 is 35.0 Å². The molecule has 12 heteroatoms. The number of hydrogen-bond donors (Lipinski definition) is 0. The molecular weight excluding hydrogens is 528 g/mol. The molecule has 0 saturated carbocycles. The van der Waals surface area contributed by atoms with Crippen LogP contribution in [0.1, 0.15) is 41.0 Å². The first-order chi connectivity index (χ1) is 18.0. The summed E-state index contributed by atoms with van der Waals surface area (Å²) in [6.45, 7) is 22.7. The maximum Gasteiger partial charge on any atom is 0.528 e. The smallest absolute Gasteiger partial charge is 0.458 e. The second-order valence-corrected chi connectivity index (χ2v) is 13.4. The molecule has 0 aromatic carbocycles. The minimum absolute atomic E-state index is 0.135. The molecule has 0 unspecified atom stereocenters. The molecule has 1 aliphatic rings. The van der Waals surface area contributed by atoms with Gasteiger partial charge in [-0.25, -0.2) is 4.79 Å². The second-order valence-electron chi connectivity index (χ2n) is 8.02. The molecule has 0 amide bonds. The van der Waals surface area contributed by atoms with Gasteiger partial charge in [0.2, 0.25) is 0 Å². The molecule has 220 valence electrons. The summed E-state index contributed by atoms with van der Waals surface area (Å²) in [4.78, 5) is 11.0. The van der Waals surface area contributed by atoms with E-state index in [-0.39, 0.29) is 6.61 Å². The number of carbonyl (C=O) groups excluding carboxylic acids is 1. The lowest BCUT2D eigenvalue weighted by molar-refractivity contribution is -0.398. The van der Waals surface area contributed by atoms with Crippen LogP contribution in [0.2, 0.25) is 6.04 Å². The van der Waals surface area contributed by atoms with Crippen molar-refractivity contribution in [2.75, 3.05) is 54.4 Å². The second kappa shape index (κ2) is 18.0. The molecule has 38 heavy (non-hydrogen) atoms. The Morgan fingerprint density at radius 1 is 0.947 bits per heavy atom. The van der Waals surface area contributed by atoms with Gasteiger partial charge in [0.15, 0.2) is 0 Å². The topological polar surface area (TPSA) is 100 Å². The zero-order valence-corrected chi connectivity index (χ0v) is 26.5. The molecule has 1 aliphatic heterocycles. The highest BCUT2D eigenvalue weighted by Crippen LogP contribution is 2.50. The SMILES string of the molecule is C=C(C)C(=O)OCC=C[Si](OC)(OC)OC.C=CC1(C=C)CC[Si](OCC)(OCC)OC1(OCC)OCC. The van der Waals surface area contributed by atoms with E-state index in [1.807, 2.05) is 27.7 Å². The maximum absolute atomic E-state index is 11.0. The normalized spacial score (nSPS) is 17.8. The fourth-order valence-electron chi connectivity index (χ4n) is 3.73. The van der Waals surface area contributed by atoms with Gasteiger partial charge in [-0.1, -0.05) is 18.7 Å². The summed E-state index contributed by atoms with van der Waals surface area (Å²) < 4.78 is 50.3. The molecule has 0 aliphatic carbocycles. The van der Waals surface area contributed by atoms with Crippen molar-refractivity contribution in [1.29, 1.82) is 0 Å². The first-order valence-corrected chi connectivity index (χ1v) is 16.5. The van der Waals surface area contributed by atoms with Gasteiger partial charge in [0.05, 0.1) is 5.41 Å². The van der Waals surface area contributed by atoms with Crippen LogP contribution in [0.4, 0.5) is 0 Å². The minimum Gasteiger partial charge on any atom is -0.458 e. The number of rotatable bonds is 17. The van der Waals surface area contributed by atoms with Gasteiger partial charge in [-0.3, -0.25) is 0 Å². The van der Waals surface area contributed by atoms with Crippen molar-refractivity contribution in [3.8, 4) is 0 Å². The molecule has 0 atom stereocenters. The van der Waals surface area contributed by atoms with Gasteiger partial charge in [0.25, 0.3) is 5.97 Å². The Hall–Kier alpha value is -1.46. The first kappa shape index (κ1) is 36.5. The number of ether oxygens (including phenoxy) is 3. The van der Waals surface area contributed by atoms with E-state index >= 15 is 0 Å². The van der Waals surface area contributed by atoms with E-state index in [9.17, 15) is 4.79 Å². The molecule has 0 radical (unpaired) electrons. The summed E-state index contributed by atoms with van der Waals surface area (Å²) in [6, 6.07) is 0.675. The third-order valence-electron chi connectivity index (χ3n) is 5.67. The first-order valence-electron chi connectivity index (χ1n) is 12.7. The van der Waals surface area contributed by atoms with Crippen LogP contribution in [0.5, 0.6) is 0 Å². The van der Waals surface area contributed by atoms with E-state index in [0.29, 0.717) is 44.5 Å². The largest absolute Gasteiger partial charge is 0.528 e. The maximum atomic E-state index is 11.0. The van der Waals surface area contributed by atoms with Crippen LogP contribution in [0, 0.1) is 5.41 Å². The summed E-state index contributed by atoms with van der Waals surface area (Å²) in [5.74, 6) is -1.72. The van der Waals surface area contributed by atoms with Crippen molar-refractivity contribution in [3.05, 3.63) is 49.2 Å². The molecule has 1 heterocycles. The van der Waals surface area contributed by atoms with Crippen LogP contribution in [0.25, 0.3) is 0 Å². The van der Waals surface area contributed by atoms with Crippen molar-refractivity contribution in [3.63, 3.8) is 0 Å². The Labute approximate surface area is 231 Å². The van der Waals surface area contributed by atoms with E-state index in [0.717, 1.165) is 0 Å². The molecule has 0 bridgehead atoms. The van der Waals surface area contributed by atoms with Gasteiger partial charge < -0.3 is 40.8 Å². The molecule has 1 fully saturated rings. The minimum atomic E-state index is -2.86. The van der Waals surface area contributed by atoms with Crippen molar-refractivity contribution in [1.82, 2.24) is 0 Å². The lowest BCUT2D eigenvalue weighted by Gasteiger charge is -2.52. The van der Waals surface area contributed by atoms with E-state index in [1.54, 1.807) is 30.9 Å². The van der Waals surface area contributed by atoms with Crippen molar-refractivity contribution in [2.24, 2.45) is 5.41 Å². The van der Waals surface area contributed by atoms with Crippen molar-refractivity contribution < 1.29 is 45.6 Å². The molecule has 0 N–H and O–H groups in total. The highest BCUT2D eigenvalue weighted by atomic mass is 28.4. The third kappa shape index (κ3) is 9.63. The molecule has 0 aromatic rings. The Morgan fingerprint density at radius 2 is 1.45 bits per heavy atom. The summed E-state index contributed by atoms with van der Waals surface area (Å²) in [6.07, 6.45) is 5.92. The summed E-state index contributed by atoms with van der Waals surface area (Å²) >= 11 is 0. The van der Waals surface area contributed by atoms with Gasteiger partial charge in [-0.2, -0.15) is 0 Å². The lowest BCUT2D eigenvalue weighted by atomic mass is 9.82. The summed E-state index contributed by atoms with van der Waals surface area (Å²) in [5, 5.41) is 0. The van der Waals surface area contributed by atoms with Crippen LogP contribution < -0.4 is 0 Å². The average Bonchev–Trinajstić information content (AvgIpc) is 2.90. The standard InChI is InChI=1S/C16H30O5Si.C10H18O5Si/c1-7-15(8-2)13-14-22(19-11-5,20-12-6)21-16(15,17-9-3)18-10-4;1-9(2)10(11)15-7-6-8-16(12-3,13-4)14-5/h7-8H,1-2,9-14H2,3-6H3;6,8H,1,7H2,2-5H3. The zero-order chi connectivity index (χ0) is 29.3. The highest BCUT2D eigenvalue weighted by molar-refractivity contribution is 6.66. The summed E-state index contributed by atoms with van der Waals surface area (Å²) in [7, 11) is -1.06. The van der Waals surface area contributed by atoms with Gasteiger partial charge in [0.1, 0.15) is 6.61 Å². The Kier molecular flexibility index (Phi) is 17.3. The average molecular weight is 577 g/mol. The van der Waals surface area contributed by atoms with Crippen molar-refractivity contribution >= 4 is 23.6 Å². The number of esters is 1. The fraction of sp³-hybridized carbons (Fsp3) is 0.654. The van der Waals surface area contributed by atoms with Gasteiger partial charge in [-0.15, -0.1) is 13.2 Å². The molecule has 10 nitrogen and oxygen atoms in total. The van der Waals surface area contributed by atoms with E-state index in [4.69, 9.17) is 40.8 Å². The quantitative estimate of drug-likeness (QED) is 0.0804. The molecular formula is C26H48O10Si2. The van der Waals surface area contributed by atoms with Crippen molar-refractivity contribution in [2.45, 2.75) is 53.1 Å². The van der Waals surface area contributed by atoms with E-state index in [1.165, 1.54) is 21.3 Å². The Balaban J connectivity index is 0.000000761. The predicted molar refractivity (Wildman–Crippen MR) is 150 cm³/mol. The van der Waals surface area contributed by atoms with Crippen LogP contribution >= 0.6 is 0 Å². The van der Waals surface area contributed by atoms with Crippen LogP contribution in [-0.4, -0.2) is 83.9 Å². The highest BCUT2D eigenvalue weighted by Gasteiger charge is 2.63. The van der Waals surface area contributed by atoms with Crippen LogP contribution in [0.15, 0.2) is 49.2 Å². The monoisotopic (exact) mass is 576 g/mol. The van der Waals surface area contributed by atoms with Crippen LogP contribution in [-0.2, 0) is 45.6 Å². The van der Waals surface area contributed by atoms with Crippen LogP contribution in [0.3, 0.4) is 0 Å². The summed E-state index contributed by atoms with van der Waals surface area (Å²) in [5.41, 5.74) is 1.38. The molecule has 0 aromatic heterocycles. The number of carbonyl (C=O) groups is 1. The number of hydrogen-bond acceptors (Lipinski definition) is 10.